The first-order valence-electron chi connectivity index (χ1n) is 10.5. The van der Waals surface area contributed by atoms with Gasteiger partial charge in [-0.15, -0.1) is 0 Å². The summed E-state index contributed by atoms with van der Waals surface area (Å²) < 4.78 is 7.43. The molecular formula is C22H27ClN4O3. The van der Waals surface area contributed by atoms with Gasteiger partial charge in [0.25, 0.3) is 11.8 Å². The standard InChI is InChI=1S/C22H27ClN4O3/c1-30-20(15-6-4-7-16(23)12-15)22(29)26-10-5-8-17(14-26)25-21(28)18-13-24-27-11-3-2-9-19(18)27/h4,6-7,12-13,17,20H,2-3,5,8-11,14H2,1H3,(H,25,28). The number of piperidine rings is 1. The van der Waals surface area contributed by atoms with Gasteiger partial charge in [0.1, 0.15) is 0 Å². The molecule has 160 valence electrons. The molecular weight excluding hydrogens is 404 g/mol. The molecule has 4 rings (SSSR count). The lowest BCUT2D eigenvalue weighted by molar-refractivity contribution is -0.143. The highest BCUT2D eigenvalue weighted by molar-refractivity contribution is 6.30. The van der Waals surface area contributed by atoms with Crippen LogP contribution in [0.5, 0.6) is 0 Å². The van der Waals surface area contributed by atoms with E-state index in [0.29, 0.717) is 23.7 Å². The minimum Gasteiger partial charge on any atom is -0.367 e. The number of fused-ring (bicyclic) bond motifs is 1. The van der Waals surface area contributed by atoms with Crippen LogP contribution >= 0.6 is 11.6 Å². The second-order valence-electron chi connectivity index (χ2n) is 7.95. The number of carbonyl (C=O) groups excluding carboxylic acids is 2. The minimum atomic E-state index is -0.708. The van der Waals surface area contributed by atoms with Crippen molar-refractivity contribution in [2.75, 3.05) is 20.2 Å². The van der Waals surface area contributed by atoms with E-state index in [9.17, 15) is 9.59 Å². The predicted molar refractivity (Wildman–Crippen MR) is 113 cm³/mol. The fourth-order valence-electron chi connectivity index (χ4n) is 4.38. The largest absolute Gasteiger partial charge is 0.367 e. The summed E-state index contributed by atoms with van der Waals surface area (Å²) in [7, 11) is 1.52. The van der Waals surface area contributed by atoms with Crippen molar-refractivity contribution in [1.29, 1.82) is 0 Å². The number of likely N-dealkylation sites (tertiary alicyclic amines) is 1. The number of carbonyl (C=O) groups is 2. The molecule has 0 bridgehead atoms. The third kappa shape index (κ3) is 4.37. The number of nitrogens with one attached hydrogen (secondary N) is 1. The van der Waals surface area contributed by atoms with Gasteiger partial charge in [0.15, 0.2) is 6.10 Å². The summed E-state index contributed by atoms with van der Waals surface area (Å²) in [6.07, 6.45) is 5.70. The van der Waals surface area contributed by atoms with E-state index in [1.165, 1.54) is 7.11 Å². The minimum absolute atomic E-state index is 0.0915. The summed E-state index contributed by atoms with van der Waals surface area (Å²) in [6.45, 7) is 1.99. The third-order valence-electron chi connectivity index (χ3n) is 5.91. The van der Waals surface area contributed by atoms with Crippen LogP contribution in [0.1, 0.15) is 53.4 Å². The van der Waals surface area contributed by atoms with E-state index in [1.54, 1.807) is 23.2 Å². The van der Waals surface area contributed by atoms with Crippen molar-refractivity contribution in [2.45, 2.75) is 50.8 Å². The molecule has 0 spiro atoms. The molecule has 3 heterocycles. The first-order valence-corrected chi connectivity index (χ1v) is 10.9. The summed E-state index contributed by atoms with van der Waals surface area (Å²) in [6, 6.07) is 7.07. The number of hydrogen-bond acceptors (Lipinski definition) is 4. The zero-order chi connectivity index (χ0) is 21.1. The molecule has 2 amide bonds. The number of hydrogen-bond donors (Lipinski definition) is 1. The van der Waals surface area contributed by atoms with Gasteiger partial charge in [-0.2, -0.15) is 5.10 Å². The number of rotatable bonds is 5. The Morgan fingerprint density at radius 1 is 1.27 bits per heavy atom. The summed E-state index contributed by atoms with van der Waals surface area (Å²) in [5.41, 5.74) is 2.41. The van der Waals surface area contributed by atoms with Gasteiger partial charge in [0.05, 0.1) is 17.5 Å². The quantitative estimate of drug-likeness (QED) is 0.791. The van der Waals surface area contributed by atoms with E-state index in [1.807, 2.05) is 16.8 Å². The van der Waals surface area contributed by atoms with Crippen molar-refractivity contribution >= 4 is 23.4 Å². The molecule has 2 unspecified atom stereocenters. The van der Waals surface area contributed by atoms with E-state index < -0.39 is 6.10 Å². The van der Waals surface area contributed by atoms with Crippen molar-refractivity contribution < 1.29 is 14.3 Å². The molecule has 0 saturated carbocycles. The zero-order valence-electron chi connectivity index (χ0n) is 17.1. The van der Waals surface area contributed by atoms with Crippen molar-refractivity contribution in [1.82, 2.24) is 20.0 Å². The number of nitrogens with zero attached hydrogens (tertiary/aromatic N) is 3. The highest BCUT2D eigenvalue weighted by Crippen LogP contribution is 2.25. The highest BCUT2D eigenvalue weighted by atomic mass is 35.5. The lowest BCUT2D eigenvalue weighted by Crippen LogP contribution is -2.51. The first kappa shape index (κ1) is 20.9. The van der Waals surface area contributed by atoms with Gasteiger partial charge in [-0.1, -0.05) is 23.7 Å². The van der Waals surface area contributed by atoms with E-state index in [-0.39, 0.29) is 17.9 Å². The van der Waals surface area contributed by atoms with E-state index >= 15 is 0 Å². The molecule has 1 saturated heterocycles. The molecule has 2 atom stereocenters. The van der Waals surface area contributed by atoms with Crippen LogP contribution in [0.25, 0.3) is 0 Å². The lowest BCUT2D eigenvalue weighted by Gasteiger charge is -2.35. The van der Waals surface area contributed by atoms with Crippen LogP contribution in [0.4, 0.5) is 0 Å². The summed E-state index contributed by atoms with van der Waals surface area (Å²) in [4.78, 5) is 27.8. The topological polar surface area (TPSA) is 76.5 Å². The summed E-state index contributed by atoms with van der Waals surface area (Å²) in [5.74, 6) is -0.211. The van der Waals surface area contributed by atoms with Crippen LogP contribution in [0.3, 0.4) is 0 Å². The van der Waals surface area contributed by atoms with E-state index in [4.69, 9.17) is 16.3 Å². The second-order valence-corrected chi connectivity index (χ2v) is 8.39. The summed E-state index contributed by atoms with van der Waals surface area (Å²) >= 11 is 6.08. The Balaban J connectivity index is 1.42. The summed E-state index contributed by atoms with van der Waals surface area (Å²) in [5, 5.41) is 8.03. The predicted octanol–water partition coefficient (Wildman–Crippen LogP) is 2.98. The normalized spacial score (nSPS) is 19.8. The van der Waals surface area contributed by atoms with E-state index in [2.05, 4.69) is 10.4 Å². The van der Waals surface area contributed by atoms with Crippen LogP contribution in [-0.4, -0.2) is 52.7 Å². The van der Waals surface area contributed by atoms with Gasteiger partial charge in [0, 0.05) is 37.8 Å². The number of aromatic nitrogens is 2. The van der Waals surface area contributed by atoms with Gasteiger partial charge in [-0.3, -0.25) is 14.3 Å². The number of ether oxygens (including phenoxy) is 1. The Labute approximate surface area is 181 Å². The number of amides is 2. The fraction of sp³-hybridized carbons (Fsp3) is 0.500. The first-order chi connectivity index (χ1) is 14.6. The SMILES string of the molecule is COC(C(=O)N1CCCC(NC(=O)c2cnn3c2CCCC3)C1)c1cccc(Cl)c1. The van der Waals surface area contributed by atoms with Crippen molar-refractivity contribution in [3.63, 3.8) is 0 Å². The Hall–Kier alpha value is -2.38. The average molecular weight is 431 g/mol. The average Bonchev–Trinajstić information content (AvgIpc) is 3.19. The molecule has 1 N–H and O–H groups in total. The number of benzene rings is 1. The molecule has 0 radical (unpaired) electrons. The van der Waals surface area contributed by atoms with E-state index in [0.717, 1.165) is 49.9 Å². The molecule has 2 aliphatic heterocycles. The Kier molecular flexibility index (Phi) is 6.39. The highest BCUT2D eigenvalue weighted by Gasteiger charge is 2.31. The molecule has 8 heteroatoms. The smallest absolute Gasteiger partial charge is 0.256 e. The van der Waals surface area contributed by atoms with Gasteiger partial charge in [0.2, 0.25) is 0 Å². The van der Waals surface area contributed by atoms with Gasteiger partial charge >= 0.3 is 0 Å². The zero-order valence-corrected chi connectivity index (χ0v) is 17.9. The molecule has 1 aromatic heterocycles. The van der Waals surface area contributed by atoms with Crippen LogP contribution in [-0.2, 0) is 22.5 Å². The molecule has 7 nitrogen and oxygen atoms in total. The van der Waals surface area contributed by atoms with Crippen LogP contribution in [0.15, 0.2) is 30.5 Å². The van der Waals surface area contributed by atoms with Gasteiger partial charge in [-0.25, -0.2) is 0 Å². The van der Waals surface area contributed by atoms with Crippen molar-refractivity contribution in [3.8, 4) is 0 Å². The molecule has 2 aromatic rings. The van der Waals surface area contributed by atoms with Crippen molar-refractivity contribution in [2.24, 2.45) is 0 Å². The van der Waals surface area contributed by atoms with Gasteiger partial charge < -0.3 is 15.0 Å². The Morgan fingerprint density at radius 2 is 2.13 bits per heavy atom. The maximum Gasteiger partial charge on any atom is 0.256 e. The number of halogens is 1. The molecule has 1 aromatic carbocycles. The second kappa shape index (κ2) is 9.18. The van der Waals surface area contributed by atoms with Gasteiger partial charge in [-0.05, 0) is 49.8 Å². The maximum atomic E-state index is 13.1. The number of methoxy groups -OCH3 is 1. The lowest BCUT2D eigenvalue weighted by atomic mass is 10.0. The van der Waals surface area contributed by atoms with Crippen molar-refractivity contribution in [3.05, 3.63) is 52.3 Å². The third-order valence-corrected chi connectivity index (χ3v) is 6.14. The van der Waals surface area contributed by atoms with Crippen LogP contribution in [0, 0.1) is 0 Å². The van der Waals surface area contributed by atoms with Crippen LogP contribution < -0.4 is 5.32 Å². The molecule has 2 aliphatic rings. The Bertz CT molecular complexity index is 929. The fourth-order valence-corrected chi connectivity index (χ4v) is 4.58. The molecule has 1 fully saturated rings. The monoisotopic (exact) mass is 430 g/mol. The molecule has 0 aliphatic carbocycles. The molecule has 30 heavy (non-hydrogen) atoms. The van der Waals surface area contributed by atoms with Crippen LogP contribution in [0.2, 0.25) is 5.02 Å². The number of aryl methyl sites for hydroxylation is 1. The Morgan fingerprint density at radius 3 is 2.93 bits per heavy atom. The maximum absolute atomic E-state index is 13.1.